The third-order valence-corrected chi connectivity index (χ3v) is 6.11. The van der Waals surface area contributed by atoms with Gasteiger partial charge in [0.2, 0.25) is 5.91 Å². The zero-order chi connectivity index (χ0) is 20.2. The minimum Gasteiger partial charge on any atom is -0.484 e. The maximum absolute atomic E-state index is 12.8. The smallest absolute Gasteiger partial charge is 0.260 e. The quantitative estimate of drug-likeness (QED) is 0.693. The van der Waals surface area contributed by atoms with E-state index in [4.69, 9.17) is 4.74 Å². The monoisotopic (exact) mass is 396 g/mol. The number of benzene rings is 1. The Hall–Kier alpha value is -2.83. The summed E-state index contributed by atoms with van der Waals surface area (Å²) in [4.78, 5) is 31.4. The summed E-state index contributed by atoms with van der Waals surface area (Å²) in [5.74, 6) is 0.954. The van der Waals surface area contributed by atoms with Crippen molar-refractivity contribution in [2.45, 2.75) is 38.8 Å². The van der Waals surface area contributed by atoms with Crippen LogP contribution in [0, 0.1) is 18.8 Å². The van der Waals surface area contributed by atoms with Gasteiger partial charge in [0.05, 0.1) is 12.2 Å². The Bertz CT molecular complexity index is 852. The summed E-state index contributed by atoms with van der Waals surface area (Å²) in [5, 5.41) is 3.07. The van der Waals surface area contributed by atoms with Crippen LogP contribution in [-0.2, 0) is 16.1 Å². The van der Waals surface area contributed by atoms with E-state index >= 15 is 0 Å². The second-order valence-electron chi connectivity index (χ2n) is 7.98. The lowest BCUT2D eigenvalue weighted by Crippen LogP contribution is -2.43. The number of hydrogen-bond donors (Lipinski definition) is 1. The predicted octanol–water partition coefficient (Wildman–Crippen LogP) is 2.01. The van der Waals surface area contributed by atoms with Gasteiger partial charge in [-0.2, -0.15) is 0 Å². The predicted molar refractivity (Wildman–Crippen MR) is 108 cm³/mol. The van der Waals surface area contributed by atoms with Crippen molar-refractivity contribution in [1.82, 2.24) is 19.8 Å². The van der Waals surface area contributed by atoms with Gasteiger partial charge in [-0.25, -0.2) is 4.98 Å². The molecular weight excluding hydrogens is 368 g/mol. The molecular formula is C22H28N4O3. The first-order valence-corrected chi connectivity index (χ1v) is 10.3. The van der Waals surface area contributed by atoms with Crippen molar-refractivity contribution in [1.29, 1.82) is 0 Å². The lowest BCUT2D eigenvalue weighted by molar-refractivity contribution is -0.135. The van der Waals surface area contributed by atoms with Crippen LogP contribution in [-0.4, -0.2) is 52.0 Å². The van der Waals surface area contributed by atoms with Crippen LogP contribution >= 0.6 is 0 Å². The average Bonchev–Trinajstić information content (AvgIpc) is 3.46. The maximum Gasteiger partial charge on any atom is 0.260 e. The first kappa shape index (κ1) is 19.5. The Labute approximate surface area is 171 Å². The molecule has 0 unspecified atom stereocenters. The first-order valence-electron chi connectivity index (χ1n) is 10.3. The zero-order valence-corrected chi connectivity index (χ0v) is 16.8. The summed E-state index contributed by atoms with van der Waals surface area (Å²) in [6.07, 6.45) is 8.22. The third kappa shape index (κ3) is 4.28. The SMILES string of the molecule is Cc1ccccc1OCC(=O)N1C[C@@H]2CC[C@H]1[C@@H]2C(=O)NCCCn1ccnc1. The molecule has 2 heterocycles. The fourth-order valence-electron chi connectivity index (χ4n) is 4.63. The van der Waals surface area contributed by atoms with Gasteiger partial charge in [-0.1, -0.05) is 18.2 Å². The summed E-state index contributed by atoms with van der Waals surface area (Å²) < 4.78 is 7.73. The number of piperidine rings is 1. The molecule has 3 atom stereocenters. The molecule has 2 aromatic rings. The number of fused-ring (bicyclic) bond motifs is 2. The van der Waals surface area contributed by atoms with Crippen LogP contribution in [0.4, 0.5) is 0 Å². The van der Waals surface area contributed by atoms with Gasteiger partial charge in [0, 0.05) is 38.1 Å². The highest BCUT2D eigenvalue weighted by Gasteiger charge is 2.51. The number of carbonyl (C=O) groups is 2. The fourth-order valence-corrected chi connectivity index (χ4v) is 4.63. The summed E-state index contributed by atoms with van der Waals surface area (Å²) in [5.41, 5.74) is 1.01. The third-order valence-electron chi connectivity index (χ3n) is 6.11. The van der Waals surface area contributed by atoms with E-state index in [-0.39, 0.29) is 36.3 Å². The molecule has 0 spiro atoms. The number of aromatic nitrogens is 2. The number of amides is 2. The first-order chi connectivity index (χ1) is 14.1. The minimum atomic E-state index is -0.0920. The number of carbonyl (C=O) groups excluding carboxylic acids is 2. The number of likely N-dealkylation sites (tertiary alicyclic amines) is 1. The van der Waals surface area contributed by atoms with E-state index < -0.39 is 0 Å². The number of aryl methyl sites for hydroxylation is 2. The molecule has 2 aliphatic rings. The van der Waals surface area contributed by atoms with E-state index in [9.17, 15) is 9.59 Å². The Morgan fingerprint density at radius 2 is 2.14 bits per heavy atom. The van der Waals surface area contributed by atoms with Gasteiger partial charge < -0.3 is 19.5 Å². The number of imidazole rings is 1. The van der Waals surface area contributed by atoms with Crippen molar-refractivity contribution in [2.24, 2.45) is 11.8 Å². The Morgan fingerprint density at radius 3 is 2.93 bits per heavy atom. The van der Waals surface area contributed by atoms with Gasteiger partial charge >= 0.3 is 0 Å². The van der Waals surface area contributed by atoms with E-state index in [1.807, 2.05) is 46.9 Å². The van der Waals surface area contributed by atoms with Crippen molar-refractivity contribution >= 4 is 11.8 Å². The second-order valence-corrected chi connectivity index (χ2v) is 7.98. The molecule has 0 radical (unpaired) electrons. The number of ether oxygens (including phenoxy) is 1. The molecule has 29 heavy (non-hydrogen) atoms. The molecule has 2 fully saturated rings. The van der Waals surface area contributed by atoms with Crippen molar-refractivity contribution in [3.63, 3.8) is 0 Å². The molecule has 7 heteroatoms. The van der Waals surface area contributed by atoms with E-state index in [2.05, 4.69) is 10.3 Å². The number of para-hydroxylation sites is 1. The number of rotatable bonds is 8. The molecule has 2 amide bonds. The summed E-state index contributed by atoms with van der Waals surface area (Å²) in [7, 11) is 0. The summed E-state index contributed by atoms with van der Waals surface area (Å²) in [6, 6.07) is 7.69. The van der Waals surface area contributed by atoms with Crippen LogP contribution in [0.1, 0.15) is 24.8 Å². The molecule has 4 rings (SSSR count). The van der Waals surface area contributed by atoms with Crippen molar-refractivity contribution in [2.75, 3.05) is 19.7 Å². The zero-order valence-electron chi connectivity index (χ0n) is 16.8. The lowest BCUT2D eigenvalue weighted by atomic mass is 9.97. The molecule has 1 N–H and O–H groups in total. The van der Waals surface area contributed by atoms with Gasteiger partial charge in [0.25, 0.3) is 5.91 Å². The minimum absolute atomic E-state index is 0.00150. The topological polar surface area (TPSA) is 76.5 Å². The number of nitrogens with zero attached hydrogens (tertiary/aromatic N) is 3. The van der Waals surface area contributed by atoms with Crippen molar-refractivity contribution in [3.05, 3.63) is 48.5 Å². The highest BCUT2D eigenvalue weighted by Crippen LogP contribution is 2.43. The van der Waals surface area contributed by atoms with Crippen molar-refractivity contribution < 1.29 is 14.3 Å². The van der Waals surface area contributed by atoms with Crippen molar-refractivity contribution in [3.8, 4) is 5.75 Å². The molecule has 154 valence electrons. The Balaban J connectivity index is 1.26. The maximum atomic E-state index is 12.8. The van der Waals surface area contributed by atoms with Gasteiger partial charge in [0.1, 0.15) is 5.75 Å². The molecule has 1 aromatic carbocycles. The molecule has 1 saturated heterocycles. The second kappa shape index (κ2) is 8.68. The molecule has 1 aliphatic carbocycles. The number of nitrogens with one attached hydrogen (secondary N) is 1. The molecule has 1 aliphatic heterocycles. The van der Waals surface area contributed by atoms with Crippen LogP contribution < -0.4 is 10.1 Å². The molecule has 2 bridgehead atoms. The van der Waals surface area contributed by atoms with Crippen LogP contribution in [0.5, 0.6) is 5.75 Å². The Morgan fingerprint density at radius 1 is 1.28 bits per heavy atom. The summed E-state index contributed by atoms with van der Waals surface area (Å²) in [6.45, 7) is 4.11. The van der Waals surface area contributed by atoms with Gasteiger partial charge in [-0.05, 0) is 43.7 Å². The van der Waals surface area contributed by atoms with E-state index in [1.54, 1.807) is 12.5 Å². The van der Waals surface area contributed by atoms with E-state index in [0.29, 0.717) is 13.1 Å². The van der Waals surface area contributed by atoms with Crippen LogP contribution in [0.2, 0.25) is 0 Å². The normalized spacial score (nSPS) is 22.7. The van der Waals surface area contributed by atoms with Gasteiger partial charge in [-0.15, -0.1) is 0 Å². The van der Waals surface area contributed by atoms with Gasteiger partial charge in [-0.3, -0.25) is 9.59 Å². The van der Waals surface area contributed by atoms with E-state index in [1.165, 1.54) is 0 Å². The fraction of sp³-hybridized carbons (Fsp3) is 0.500. The van der Waals surface area contributed by atoms with E-state index in [0.717, 1.165) is 37.1 Å². The largest absolute Gasteiger partial charge is 0.484 e. The lowest BCUT2D eigenvalue weighted by Gasteiger charge is -2.27. The number of hydrogen-bond acceptors (Lipinski definition) is 4. The molecule has 1 aromatic heterocycles. The Kier molecular flexibility index (Phi) is 5.83. The standard InChI is InChI=1S/C22H28N4O3/c1-16-5-2-3-6-19(16)29-14-20(27)26-13-17-7-8-18(26)21(17)22(28)24-9-4-11-25-12-10-23-15-25/h2-3,5-6,10,12,15,17-18,21H,4,7-9,11,13-14H2,1H3,(H,24,28)/t17-,18-,21+/m0/s1. The highest BCUT2D eigenvalue weighted by molar-refractivity contribution is 5.84. The average molecular weight is 396 g/mol. The highest BCUT2D eigenvalue weighted by atomic mass is 16.5. The molecule has 7 nitrogen and oxygen atoms in total. The van der Waals surface area contributed by atoms with Crippen LogP contribution in [0.25, 0.3) is 0 Å². The molecule has 1 saturated carbocycles. The van der Waals surface area contributed by atoms with Crippen LogP contribution in [0.3, 0.4) is 0 Å². The van der Waals surface area contributed by atoms with Crippen LogP contribution in [0.15, 0.2) is 43.0 Å². The summed E-state index contributed by atoms with van der Waals surface area (Å²) >= 11 is 0. The van der Waals surface area contributed by atoms with Gasteiger partial charge in [0.15, 0.2) is 6.61 Å².